The maximum atomic E-state index is 12.6. The summed E-state index contributed by atoms with van der Waals surface area (Å²) in [6.07, 6.45) is 0.424. The zero-order chi connectivity index (χ0) is 14.7. The minimum Gasteiger partial charge on any atom is -0.493 e. The van der Waals surface area contributed by atoms with E-state index in [1.165, 1.54) is 0 Å². The van der Waals surface area contributed by atoms with Crippen molar-refractivity contribution in [2.45, 2.75) is 26.4 Å². The number of rotatable bonds is 4. The van der Waals surface area contributed by atoms with E-state index in [1.807, 2.05) is 6.92 Å². The normalized spacial score (nSPS) is 19.9. The number of nitrogens with two attached hydrogens (primary N) is 1. The number of anilines is 1. The number of nitrogens with zero attached hydrogens (tertiary/aromatic N) is 1. The van der Waals surface area contributed by atoms with E-state index in [0.717, 1.165) is 6.42 Å². The minimum atomic E-state index is -0.396. The zero-order valence-electron chi connectivity index (χ0n) is 12.0. The lowest BCUT2D eigenvalue weighted by Crippen LogP contribution is -2.31. The topological polar surface area (TPSA) is 75.8 Å². The third kappa shape index (κ3) is 2.88. The van der Waals surface area contributed by atoms with Gasteiger partial charge in [0.2, 0.25) is 0 Å². The summed E-state index contributed by atoms with van der Waals surface area (Å²) in [6, 6.07) is 5.24. The zero-order valence-corrected chi connectivity index (χ0v) is 12.0. The first kappa shape index (κ1) is 14.7. The van der Waals surface area contributed by atoms with Crippen molar-refractivity contribution in [1.29, 1.82) is 0 Å². The second-order valence-electron chi connectivity index (χ2n) is 5.19. The van der Waals surface area contributed by atoms with E-state index in [4.69, 9.17) is 10.5 Å². The number of aliphatic hydroxyl groups is 1. The van der Waals surface area contributed by atoms with Crippen molar-refractivity contribution in [2.24, 2.45) is 5.92 Å². The predicted molar refractivity (Wildman–Crippen MR) is 77.7 cm³/mol. The van der Waals surface area contributed by atoms with Gasteiger partial charge in [0.15, 0.2) is 0 Å². The van der Waals surface area contributed by atoms with Gasteiger partial charge < -0.3 is 20.5 Å². The average molecular weight is 278 g/mol. The van der Waals surface area contributed by atoms with E-state index < -0.39 is 6.10 Å². The first-order chi connectivity index (χ1) is 9.54. The molecule has 0 aliphatic carbocycles. The van der Waals surface area contributed by atoms with Gasteiger partial charge in [-0.25, -0.2) is 0 Å². The van der Waals surface area contributed by atoms with Gasteiger partial charge in [0.1, 0.15) is 11.3 Å². The number of nitrogen functional groups attached to an aromatic ring is 1. The van der Waals surface area contributed by atoms with Gasteiger partial charge in [0.05, 0.1) is 12.7 Å². The van der Waals surface area contributed by atoms with Crippen molar-refractivity contribution >= 4 is 11.6 Å². The van der Waals surface area contributed by atoms with Crippen LogP contribution in [0.15, 0.2) is 18.2 Å². The quantitative estimate of drug-likeness (QED) is 0.819. The molecule has 0 bridgehead atoms. The van der Waals surface area contributed by atoms with Crippen molar-refractivity contribution in [3.63, 3.8) is 0 Å². The fraction of sp³-hybridized carbons (Fsp3) is 0.533. The van der Waals surface area contributed by atoms with Crippen LogP contribution in [0, 0.1) is 5.92 Å². The summed E-state index contributed by atoms with van der Waals surface area (Å²) >= 11 is 0. The number of hydrogen-bond acceptors (Lipinski definition) is 4. The summed E-state index contributed by atoms with van der Waals surface area (Å²) in [7, 11) is 0. The number of likely N-dealkylation sites (tertiary alicyclic amines) is 1. The van der Waals surface area contributed by atoms with Gasteiger partial charge in [-0.3, -0.25) is 4.79 Å². The summed E-state index contributed by atoms with van der Waals surface area (Å²) in [6.45, 7) is 5.34. The van der Waals surface area contributed by atoms with Crippen molar-refractivity contribution in [1.82, 2.24) is 4.90 Å². The highest BCUT2D eigenvalue weighted by Gasteiger charge is 2.31. The maximum Gasteiger partial charge on any atom is 0.259 e. The number of carbonyl (C=O) groups excluding carboxylic acids is 1. The summed E-state index contributed by atoms with van der Waals surface area (Å²) in [4.78, 5) is 14.4. The molecule has 1 aromatic rings. The third-order valence-corrected chi connectivity index (χ3v) is 3.77. The molecule has 0 saturated carbocycles. The Labute approximate surface area is 119 Å². The van der Waals surface area contributed by atoms with E-state index in [2.05, 4.69) is 0 Å². The van der Waals surface area contributed by atoms with Crippen LogP contribution in [0.3, 0.4) is 0 Å². The van der Waals surface area contributed by atoms with E-state index >= 15 is 0 Å². The van der Waals surface area contributed by atoms with Crippen molar-refractivity contribution in [2.75, 3.05) is 25.4 Å². The van der Waals surface area contributed by atoms with Gasteiger partial charge in [0, 0.05) is 24.7 Å². The molecule has 2 unspecified atom stereocenters. The van der Waals surface area contributed by atoms with Crippen LogP contribution in [0.5, 0.6) is 5.75 Å². The van der Waals surface area contributed by atoms with Gasteiger partial charge in [-0.05, 0) is 32.4 Å². The number of ether oxygens (including phenoxy) is 1. The Kier molecular flexibility index (Phi) is 4.49. The molecule has 0 radical (unpaired) electrons. The molecule has 5 nitrogen and oxygen atoms in total. The Morgan fingerprint density at radius 1 is 1.60 bits per heavy atom. The highest BCUT2D eigenvalue weighted by Crippen LogP contribution is 2.29. The number of amides is 1. The minimum absolute atomic E-state index is 0.116. The lowest BCUT2D eigenvalue weighted by atomic mass is 10.0. The van der Waals surface area contributed by atoms with E-state index in [0.29, 0.717) is 36.7 Å². The number of carbonyl (C=O) groups is 1. The van der Waals surface area contributed by atoms with Crippen molar-refractivity contribution in [3.8, 4) is 5.75 Å². The average Bonchev–Trinajstić information content (AvgIpc) is 2.88. The molecule has 1 aromatic carbocycles. The molecule has 110 valence electrons. The summed E-state index contributed by atoms with van der Waals surface area (Å²) in [5.74, 6) is 0.548. The van der Waals surface area contributed by atoms with Gasteiger partial charge >= 0.3 is 0 Å². The van der Waals surface area contributed by atoms with Crippen LogP contribution in [0.2, 0.25) is 0 Å². The SMILES string of the molecule is CCOc1cccc(N)c1C(=O)N1CCC(C(C)O)C1. The monoisotopic (exact) mass is 278 g/mol. The third-order valence-electron chi connectivity index (χ3n) is 3.77. The van der Waals surface area contributed by atoms with E-state index in [-0.39, 0.29) is 11.8 Å². The van der Waals surface area contributed by atoms with Gasteiger partial charge in [-0.15, -0.1) is 0 Å². The van der Waals surface area contributed by atoms with Crippen LogP contribution in [0.4, 0.5) is 5.69 Å². The van der Waals surface area contributed by atoms with Crippen molar-refractivity contribution in [3.05, 3.63) is 23.8 Å². The first-order valence-electron chi connectivity index (χ1n) is 7.03. The molecule has 1 amide bonds. The molecule has 1 saturated heterocycles. The van der Waals surface area contributed by atoms with Crippen LogP contribution < -0.4 is 10.5 Å². The Morgan fingerprint density at radius 2 is 2.35 bits per heavy atom. The second-order valence-corrected chi connectivity index (χ2v) is 5.19. The molecule has 0 aromatic heterocycles. The Hall–Kier alpha value is -1.75. The molecule has 1 aliphatic rings. The molecule has 1 fully saturated rings. The molecular weight excluding hydrogens is 256 g/mol. The van der Waals surface area contributed by atoms with Crippen LogP contribution in [-0.4, -0.2) is 41.7 Å². The molecule has 3 N–H and O–H groups in total. The van der Waals surface area contributed by atoms with Gasteiger partial charge in [-0.2, -0.15) is 0 Å². The highest BCUT2D eigenvalue weighted by molar-refractivity contribution is 6.02. The smallest absolute Gasteiger partial charge is 0.259 e. The summed E-state index contributed by atoms with van der Waals surface area (Å²) in [5, 5.41) is 9.63. The number of benzene rings is 1. The van der Waals surface area contributed by atoms with E-state index in [9.17, 15) is 9.90 Å². The fourth-order valence-corrected chi connectivity index (χ4v) is 2.58. The molecule has 1 aliphatic heterocycles. The van der Waals surface area contributed by atoms with Gasteiger partial charge in [-0.1, -0.05) is 6.07 Å². The standard InChI is InChI=1S/C15H22N2O3/c1-3-20-13-6-4-5-12(16)14(13)15(19)17-8-7-11(9-17)10(2)18/h4-6,10-11,18H,3,7-9,16H2,1-2H3. The molecule has 2 atom stereocenters. The van der Waals surface area contributed by atoms with Crippen LogP contribution in [-0.2, 0) is 0 Å². The maximum absolute atomic E-state index is 12.6. The number of aliphatic hydroxyl groups excluding tert-OH is 1. The first-order valence-corrected chi connectivity index (χ1v) is 7.03. The van der Waals surface area contributed by atoms with Crippen LogP contribution in [0.1, 0.15) is 30.6 Å². The lowest BCUT2D eigenvalue weighted by Gasteiger charge is -2.20. The van der Waals surface area contributed by atoms with Crippen molar-refractivity contribution < 1.29 is 14.6 Å². The lowest BCUT2D eigenvalue weighted by molar-refractivity contribution is 0.0759. The number of hydrogen-bond donors (Lipinski definition) is 2. The summed E-state index contributed by atoms with van der Waals surface area (Å²) < 4.78 is 5.50. The second kappa shape index (κ2) is 6.13. The largest absolute Gasteiger partial charge is 0.493 e. The highest BCUT2D eigenvalue weighted by atomic mass is 16.5. The molecule has 5 heteroatoms. The molecule has 0 spiro atoms. The fourth-order valence-electron chi connectivity index (χ4n) is 2.58. The molecule has 20 heavy (non-hydrogen) atoms. The Bertz CT molecular complexity index is 488. The Balaban J connectivity index is 2.21. The van der Waals surface area contributed by atoms with E-state index in [1.54, 1.807) is 30.0 Å². The van der Waals surface area contributed by atoms with Gasteiger partial charge in [0.25, 0.3) is 5.91 Å². The molecule has 1 heterocycles. The summed E-state index contributed by atoms with van der Waals surface area (Å²) in [5.41, 5.74) is 6.80. The Morgan fingerprint density at radius 3 is 2.95 bits per heavy atom. The molecule has 2 rings (SSSR count). The van der Waals surface area contributed by atoms with Crippen LogP contribution in [0.25, 0.3) is 0 Å². The predicted octanol–water partition coefficient (Wildman–Crippen LogP) is 1.51. The molecular formula is C15H22N2O3. The van der Waals surface area contributed by atoms with Crippen LogP contribution >= 0.6 is 0 Å².